The van der Waals surface area contributed by atoms with E-state index in [9.17, 15) is 37.8 Å². The van der Waals surface area contributed by atoms with Gasteiger partial charge in [-0.3, -0.25) is 9.09 Å². The van der Waals surface area contributed by atoms with Crippen molar-refractivity contribution in [2.45, 2.75) is 44.1 Å². The second-order valence-electron chi connectivity index (χ2n) is 6.98. The van der Waals surface area contributed by atoms with E-state index >= 15 is 4.39 Å². The van der Waals surface area contributed by atoms with Crippen LogP contribution in [0.5, 0.6) is 0 Å². The molecule has 7 atom stereocenters. The highest BCUT2D eigenvalue weighted by Crippen LogP contribution is 2.66. The first kappa shape index (κ1) is 29.7. The Balaban J connectivity index is 2.39. The molecule has 35 heavy (non-hydrogen) atoms. The van der Waals surface area contributed by atoms with Gasteiger partial charge in [0.15, 0.2) is 6.23 Å². The molecule has 0 radical (unpaired) electrons. The molecule has 0 aromatic carbocycles. The van der Waals surface area contributed by atoms with Gasteiger partial charge in [0.25, 0.3) is 0 Å². The van der Waals surface area contributed by atoms with Crippen LogP contribution < -0.4 is 11.4 Å². The number of ether oxygens (including phenoxy) is 1. The van der Waals surface area contributed by atoms with Crippen molar-refractivity contribution < 1.29 is 65.0 Å². The Hall–Kier alpha value is -1.57. The highest BCUT2D eigenvalue weighted by atomic mass is 31.3. The van der Waals surface area contributed by atoms with Crippen LogP contribution in [0.2, 0.25) is 0 Å². The number of aliphatic hydroxyl groups is 1. The van der Waals surface area contributed by atoms with Crippen LogP contribution in [0, 0.1) is 18.8 Å². The molecule has 2 heterocycles. The number of nitrogens with two attached hydrogens (primary N) is 1. The van der Waals surface area contributed by atoms with Crippen molar-refractivity contribution in [1.29, 1.82) is 0 Å². The molecule has 198 valence electrons. The van der Waals surface area contributed by atoms with E-state index in [1.54, 1.807) is 11.8 Å². The summed E-state index contributed by atoms with van der Waals surface area (Å²) >= 11 is 0. The molecule has 1 aromatic rings. The van der Waals surface area contributed by atoms with Gasteiger partial charge in [0.1, 0.15) is 24.7 Å². The topological polar surface area (TPSA) is 250 Å². The number of alkyl halides is 2. The van der Waals surface area contributed by atoms with Crippen molar-refractivity contribution >= 4 is 29.3 Å². The molecule has 1 aliphatic heterocycles. The molecule has 16 nitrogen and oxygen atoms in total. The van der Waals surface area contributed by atoms with E-state index in [1.165, 1.54) is 6.92 Å². The van der Waals surface area contributed by atoms with Gasteiger partial charge in [-0.1, -0.05) is 11.8 Å². The first-order valence-corrected chi connectivity index (χ1v) is 13.6. The SMILES string of the molecule is Cc1cc(N)nc(=O)n1[C@@H]1O[C@H]([C@H](C)OP(=O)(O)OP(=O)(O)OP(=O)(O)O)[C@H](O)C1(F)C#CCF. The summed E-state index contributed by atoms with van der Waals surface area (Å²) in [7, 11) is -17.2. The Kier molecular flexibility index (Phi) is 8.84. The maximum Gasteiger partial charge on any atom is 0.490 e. The summed E-state index contributed by atoms with van der Waals surface area (Å²) in [5.74, 6) is 3.30. The molecule has 0 bridgehead atoms. The summed E-state index contributed by atoms with van der Waals surface area (Å²) < 4.78 is 80.4. The number of phosphoric acid groups is 3. The number of hydrogen-bond acceptors (Lipinski definition) is 11. The van der Waals surface area contributed by atoms with Crippen molar-refractivity contribution in [3.8, 4) is 11.8 Å². The van der Waals surface area contributed by atoms with Crippen LogP contribution in [0.15, 0.2) is 10.9 Å². The minimum absolute atomic E-state index is 0.0232. The number of aryl methyl sites for hydroxylation is 1. The monoisotopic (exact) mass is 569 g/mol. The fourth-order valence-corrected chi connectivity index (χ4v) is 6.31. The predicted molar refractivity (Wildman–Crippen MR) is 110 cm³/mol. The van der Waals surface area contributed by atoms with Crippen LogP contribution in [0.4, 0.5) is 14.6 Å². The van der Waals surface area contributed by atoms with Crippen molar-refractivity contribution in [2.75, 3.05) is 12.4 Å². The van der Waals surface area contributed by atoms with Gasteiger partial charge >= 0.3 is 29.2 Å². The van der Waals surface area contributed by atoms with Crippen LogP contribution >= 0.6 is 23.5 Å². The molecule has 7 N–H and O–H groups in total. The van der Waals surface area contributed by atoms with Crippen LogP contribution in [0.1, 0.15) is 18.8 Å². The maximum absolute atomic E-state index is 15.9. The zero-order valence-corrected chi connectivity index (χ0v) is 20.3. The number of rotatable bonds is 8. The summed E-state index contributed by atoms with van der Waals surface area (Å²) in [5, 5.41) is 10.5. The summed E-state index contributed by atoms with van der Waals surface area (Å²) in [6, 6.07) is 1.14. The molecule has 0 spiro atoms. The number of phosphoric ester groups is 1. The highest BCUT2D eigenvalue weighted by Gasteiger charge is 2.60. The lowest BCUT2D eigenvalue weighted by Gasteiger charge is -2.26. The van der Waals surface area contributed by atoms with Crippen molar-refractivity contribution in [3.63, 3.8) is 0 Å². The smallest absolute Gasteiger partial charge is 0.386 e. The molecule has 3 unspecified atom stereocenters. The minimum atomic E-state index is -5.86. The van der Waals surface area contributed by atoms with Crippen LogP contribution in [-0.4, -0.2) is 64.9 Å². The molecule has 21 heteroatoms. The first-order valence-electron chi connectivity index (χ1n) is 9.08. The van der Waals surface area contributed by atoms with Gasteiger partial charge in [0.2, 0.25) is 5.67 Å². The largest absolute Gasteiger partial charge is 0.490 e. The third kappa shape index (κ3) is 7.23. The van der Waals surface area contributed by atoms with E-state index in [2.05, 4.69) is 18.1 Å². The average Bonchev–Trinajstić information content (AvgIpc) is 2.88. The van der Waals surface area contributed by atoms with Gasteiger partial charge in [0.05, 0.1) is 6.10 Å². The highest BCUT2D eigenvalue weighted by molar-refractivity contribution is 7.66. The number of anilines is 1. The van der Waals surface area contributed by atoms with Gasteiger partial charge < -0.3 is 35.2 Å². The average molecular weight is 569 g/mol. The molecule has 1 aliphatic rings. The standard InChI is InChI=1S/C14H20F2N3O13P3/c1-7-6-9(17)18-13(21)19(7)12-14(16,4-3-5-15)11(20)10(29-12)8(2)30-34(25,26)32-35(27,28)31-33(22,23)24/h6,8,10-12,20H,5H2,1-2H3,(H,25,26)(H,27,28)(H2,17,18,21)(H2,22,23,24)/t8-,10+,11-,12+,14?/m0/s1. The molecule has 2 rings (SSSR count). The van der Waals surface area contributed by atoms with Gasteiger partial charge in [0, 0.05) is 5.69 Å². The Labute approximate surface area is 195 Å². The lowest BCUT2D eigenvalue weighted by atomic mass is 9.94. The molecule has 0 saturated carbocycles. The summed E-state index contributed by atoms with van der Waals surface area (Å²) in [6.45, 7) is 0.830. The number of nitrogens with zero attached hydrogens (tertiary/aromatic N) is 2. The summed E-state index contributed by atoms with van der Waals surface area (Å²) in [6.07, 6.45) is -8.32. The van der Waals surface area contributed by atoms with Gasteiger partial charge in [-0.2, -0.15) is 13.6 Å². The molecule has 1 saturated heterocycles. The lowest BCUT2D eigenvalue weighted by Crippen LogP contribution is -2.46. The zero-order valence-electron chi connectivity index (χ0n) is 17.7. The van der Waals surface area contributed by atoms with E-state index < -0.39 is 66.0 Å². The number of aromatic nitrogens is 2. The molecular formula is C14H20F2N3O13P3. The van der Waals surface area contributed by atoms with E-state index in [0.717, 1.165) is 13.0 Å². The number of halogens is 2. The Bertz CT molecular complexity index is 1230. The molecule has 0 aliphatic carbocycles. The van der Waals surface area contributed by atoms with Crippen LogP contribution in [0.25, 0.3) is 0 Å². The normalized spacial score (nSPS) is 29.0. The third-order valence-electron chi connectivity index (χ3n) is 4.31. The van der Waals surface area contributed by atoms with Crippen LogP contribution in [0.3, 0.4) is 0 Å². The van der Waals surface area contributed by atoms with E-state index in [1.807, 2.05) is 0 Å². The fourth-order valence-electron chi connectivity index (χ4n) is 3.11. The Morgan fingerprint density at radius 1 is 1.29 bits per heavy atom. The fraction of sp³-hybridized carbons (Fsp3) is 0.571. The predicted octanol–water partition coefficient (Wildman–Crippen LogP) is -0.195. The quantitative estimate of drug-likeness (QED) is 0.175. The van der Waals surface area contributed by atoms with Crippen molar-refractivity contribution in [2.24, 2.45) is 0 Å². The number of nitrogen functional groups attached to an aromatic ring is 1. The first-order chi connectivity index (χ1) is 15.8. The van der Waals surface area contributed by atoms with Gasteiger partial charge in [-0.25, -0.2) is 27.3 Å². The summed E-state index contributed by atoms with van der Waals surface area (Å²) in [5.41, 5.74) is 1.07. The molecular weight excluding hydrogens is 549 g/mol. The number of hydrogen-bond donors (Lipinski definition) is 6. The van der Waals surface area contributed by atoms with E-state index in [0.29, 0.717) is 4.57 Å². The maximum atomic E-state index is 15.9. The second kappa shape index (κ2) is 10.4. The molecule has 0 amide bonds. The zero-order chi connectivity index (χ0) is 27.0. The lowest BCUT2D eigenvalue weighted by molar-refractivity contribution is -0.0786. The van der Waals surface area contributed by atoms with Gasteiger partial charge in [-0.05, 0) is 19.9 Å². The minimum Gasteiger partial charge on any atom is -0.386 e. The van der Waals surface area contributed by atoms with Crippen LogP contribution in [-0.2, 0) is 31.6 Å². The third-order valence-corrected chi connectivity index (χ3v) is 8.24. The van der Waals surface area contributed by atoms with Gasteiger partial charge in [-0.15, -0.1) is 0 Å². The van der Waals surface area contributed by atoms with E-state index in [-0.39, 0.29) is 11.5 Å². The summed E-state index contributed by atoms with van der Waals surface area (Å²) in [4.78, 5) is 51.8. The molecule has 1 fully saturated rings. The Morgan fingerprint density at radius 2 is 1.89 bits per heavy atom. The Morgan fingerprint density at radius 3 is 2.40 bits per heavy atom. The molecule has 1 aromatic heterocycles. The number of aliphatic hydroxyl groups excluding tert-OH is 1. The second-order valence-corrected chi connectivity index (χ2v) is 11.4. The van der Waals surface area contributed by atoms with Crippen molar-refractivity contribution in [3.05, 3.63) is 22.2 Å². The van der Waals surface area contributed by atoms with Crippen molar-refractivity contribution in [1.82, 2.24) is 9.55 Å². The van der Waals surface area contributed by atoms with E-state index in [4.69, 9.17) is 20.3 Å².